The zero-order valence-corrected chi connectivity index (χ0v) is 10.4. The van der Waals surface area contributed by atoms with Crippen LogP contribution in [0.1, 0.15) is 5.56 Å². The Labute approximate surface area is 102 Å². The van der Waals surface area contributed by atoms with Gasteiger partial charge >= 0.3 is 0 Å². The number of fused-ring (bicyclic) bond motifs is 1. The first kappa shape index (κ1) is 12.1. The molecule has 1 aliphatic heterocycles. The average molecular weight is 234 g/mol. The first-order chi connectivity index (χ1) is 8.15. The first-order valence-corrected chi connectivity index (χ1v) is 5.60. The number of nitrogens with zero attached hydrogens (tertiary/aromatic N) is 2. The second-order valence-electron chi connectivity index (χ2n) is 4.16. The summed E-state index contributed by atoms with van der Waals surface area (Å²) in [5.41, 5.74) is 3.08. The molecule has 1 heterocycles. The molecule has 0 saturated carbocycles. The van der Waals surface area contributed by atoms with Gasteiger partial charge in [-0.3, -0.25) is 4.84 Å². The van der Waals surface area contributed by atoms with Gasteiger partial charge in [0.25, 0.3) is 0 Å². The van der Waals surface area contributed by atoms with E-state index in [2.05, 4.69) is 11.0 Å². The summed E-state index contributed by atoms with van der Waals surface area (Å²) >= 11 is 0. The summed E-state index contributed by atoms with van der Waals surface area (Å²) in [7, 11) is 5.30. The Bertz CT molecular complexity index is 431. The fraction of sp³-hybridized carbons (Fsp3) is 0.385. The van der Waals surface area contributed by atoms with E-state index in [1.54, 1.807) is 14.2 Å². The van der Waals surface area contributed by atoms with Gasteiger partial charge < -0.3 is 10.0 Å². The van der Waals surface area contributed by atoms with Gasteiger partial charge in [-0.05, 0) is 6.07 Å². The van der Waals surface area contributed by atoms with Crippen LogP contribution in [0.3, 0.4) is 0 Å². The third kappa shape index (κ3) is 2.20. The zero-order valence-electron chi connectivity index (χ0n) is 10.4. The van der Waals surface area contributed by atoms with Crippen LogP contribution < -0.4 is 4.90 Å². The monoisotopic (exact) mass is 234 g/mol. The van der Waals surface area contributed by atoms with E-state index in [1.165, 1.54) is 5.06 Å². The van der Waals surface area contributed by atoms with Crippen LogP contribution >= 0.6 is 0 Å². The van der Waals surface area contributed by atoms with Crippen molar-refractivity contribution in [3.05, 3.63) is 35.9 Å². The summed E-state index contributed by atoms with van der Waals surface area (Å²) in [6.07, 6.45) is 1.29. The molecule has 2 rings (SSSR count). The molecule has 92 valence electrons. The van der Waals surface area contributed by atoms with E-state index in [-0.39, 0.29) is 0 Å². The van der Waals surface area contributed by atoms with Crippen molar-refractivity contribution in [2.45, 2.75) is 6.23 Å². The molecule has 1 unspecified atom stereocenters. The number of anilines is 1. The summed E-state index contributed by atoms with van der Waals surface area (Å²) < 4.78 is 0. The topological polar surface area (TPSA) is 35.9 Å². The molecule has 1 atom stereocenters. The van der Waals surface area contributed by atoms with E-state index in [9.17, 15) is 5.11 Å². The Morgan fingerprint density at radius 3 is 2.82 bits per heavy atom. The van der Waals surface area contributed by atoms with Gasteiger partial charge in [0.2, 0.25) is 0 Å². The van der Waals surface area contributed by atoms with Crippen LogP contribution in [0.4, 0.5) is 5.69 Å². The van der Waals surface area contributed by atoms with E-state index in [0.717, 1.165) is 23.4 Å². The third-order valence-corrected chi connectivity index (χ3v) is 3.12. The second kappa shape index (κ2) is 4.87. The lowest BCUT2D eigenvalue weighted by molar-refractivity contribution is -0.181. The Morgan fingerprint density at radius 2 is 2.12 bits per heavy atom. The van der Waals surface area contributed by atoms with Crippen LogP contribution in [-0.2, 0) is 4.84 Å². The average Bonchev–Trinajstić information content (AvgIpc) is 2.38. The summed E-state index contributed by atoms with van der Waals surface area (Å²) in [4.78, 5) is 7.19. The van der Waals surface area contributed by atoms with Crippen molar-refractivity contribution in [3.8, 4) is 0 Å². The molecule has 0 bridgehead atoms. The minimum absolute atomic E-state index is 0.741. The van der Waals surface area contributed by atoms with Crippen LogP contribution in [0.25, 0.3) is 5.57 Å². The smallest absolute Gasteiger partial charge is 0.155 e. The number of para-hydroxylation sites is 1. The second-order valence-corrected chi connectivity index (χ2v) is 4.16. The zero-order chi connectivity index (χ0) is 12.4. The molecule has 0 saturated heterocycles. The third-order valence-electron chi connectivity index (χ3n) is 3.12. The van der Waals surface area contributed by atoms with E-state index in [4.69, 9.17) is 4.84 Å². The summed E-state index contributed by atoms with van der Waals surface area (Å²) in [5, 5.41) is 11.6. The minimum atomic E-state index is -0.741. The maximum atomic E-state index is 10.2. The maximum Gasteiger partial charge on any atom is 0.155 e. The normalized spacial score (nSPS) is 16.8. The van der Waals surface area contributed by atoms with Crippen molar-refractivity contribution in [1.29, 1.82) is 0 Å². The van der Waals surface area contributed by atoms with Gasteiger partial charge in [-0.2, -0.15) is 5.06 Å². The van der Waals surface area contributed by atoms with Crippen molar-refractivity contribution in [3.63, 3.8) is 0 Å². The molecule has 1 aliphatic rings. The van der Waals surface area contributed by atoms with Crippen LogP contribution in [0, 0.1) is 0 Å². The van der Waals surface area contributed by atoms with Crippen molar-refractivity contribution in [2.75, 3.05) is 32.6 Å². The Morgan fingerprint density at radius 1 is 1.41 bits per heavy atom. The van der Waals surface area contributed by atoms with Gasteiger partial charge in [0.1, 0.15) is 0 Å². The van der Waals surface area contributed by atoms with Crippen LogP contribution in [0.5, 0.6) is 0 Å². The van der Waals surface area contributed by atoms with Crippen molar-refractivity contribution in [1.82, 2.24) is 5.06 Å². The van der Waals surface area contributed by atoms with E-state index < -0.39 is 6.23 Å². The molecule has 0 spiro atoms. The van der Waals surface area contributed by atoms with E-state index in [1.807, 2.05) is 31.3 Å². The number of hydrogen-bond acceptors (Lipinski definition) is 4. The Kier molecular flexibility index (Phi) is 3.47. The van der Waals surface area contributed by atoms with Crippen LogP contribution in [0.2, 0.25) is 0 Å². The standard InChI is InChI=1S/C13H18N2O2/c1-14-9-8-11(13(16)15(2)17-3)10-6-4-5-7-12(10)14/h4-8,13,16H,9H2,1-3H3. The van der Waals surface area contributed by atoms with Gasteiger partial charge in [-0.25, -0.2) is 0 Å². The number of aliphatic hydroxyl groups excluding tert-OH is 1. The van der Waals surface area contributed by atoms with Gasteiger partial charge in [0, 0.05) is 37.5 Å². The first-order valence-electron chi connectivity index (χ1n) is 5.60. The van der Waals surface area contributed by atoms with Gasteiger partial charge in [0.05, 0.1) is 7.11 Å². The molecule has 0 radical (unpaired) electrons. The molecular formula is C13H18N2O2. The minimum Gasteiger partial charge on any atom is -0.372 e. The SMILES string of the molecule is CON(C)C(O)C1=CCN(C)c2ccccc21. The number of likely N-dealkylation sites (N-methyl/N-ethyl adjacent to an activating group) is 2. The van der Waals surface area contributed by atoms with Crippen molar-refractivity contribution < 1.29 is 9.94 Å². The summed E-state index contributed by atoms with van der Waals surface area (Å²) in [6.45, 7) is 0.793. The molecule has 1 N–H and O–H groups in total. The van der Waals surface area contributed by atoms with Crippen molar-refractivity contribution in [2.24, 2.45) is 0 Å². The highest BCUT2D eigenvalue weighted by molar-refractivity contribution is 5.81. The molecule has 0 aliphatic carbocycles. The Hall–Kier alpha value is -1.36. The quantitative estimate of drug-likeness (QED) is 0.632. The summed E-state index contributed by atoms with van der Waals surface area (Å²) in [5.74, 6) is 0. The molecule has 0 fully saturated rings. The van der Waals surface area contributed by atoms with Crippen LogP contribution in [0.15, 0.2) is 30.3 Å². The lowest BCUT2D eigenvalue weighted by Crippen LogP contribution is -2.34. The number of benzene rings is 1. The lowest BCUT2D eigenvalue weighted by atomic mass is 9.98. The van der Waals surface area contributed by atoms with E-state index in [0.29, 0.717) is 0 Å². The Balaban J connectivity index is 2.37. The molecule has 17 heavy (non-hydrogen) atoms. The highest BCUT2D eigenvalue weighted by Crippen LogP contribution is 2.32. The highest BCUT2D eigenvalue weighted by Gasteiger charge is 2.23. The van der Waals surface area contributed by atoms with Crippen LogP contribution in [-0.4, -0.2) is 44.1 Å². The molecule has 0 amide bonds. The number of aliphatic hydroxyl groups is 1. The van der Waals surface area contributed by atoms with E-state index >= 15 is 0 Å². The number of hydroxylamine groups is 2. The maximum absolute atomic E-state index is 10.2. The van der Waals surface area contributed by atoms with Gasteiger partial charge in [0.15, 0.2) is 6.23 Å². The molecule has 4 nitrogen and oxygen atoms in total. The van der Waals surface area contributed by atoms with Gasteiger partial charge in [-0.15, -0.1) is 0 Å². The fourth-order valence-electron chi connectivity index (χ4n) is 2.03. The molecular weight excluding hydrogens is 216 g/mol. The summed E-state index contributed by atoms with van der Waals surface area (Å²) in [6, 6.07) is 8.06. The van der Waals surface area contributed by atoms with Gasteiger partial charge in [-0.1, -0.05) is 24.3 Å². The molecule has 1 aromatic carbocycles. The molecule has 1 aromatic rings. The predicted octanol–water partition coefficient (Wildman–Crippen LogP) is 1.33. The van der Waals surface area contributed by atoms with Crippen molar-refractivity contribution >= 4 is 11.3 Å². The predicted molar refractivity (Wildman–Crippen MR) is 68.5 cm³/mol. The number of rotatable bonds is 3. The molecule has 0 aromatic heterocycles. The number of hydrogen-bond donors (Lipinski definition) is 1. The molecule has 4 heteroatoms. The highest BCUT2D eigenvalue weighted by atomic mass is 16.7. The fourth-order valence-corrected chi connectivity index (χ4v) is 2.03. The lowest BCUT2D eigenvalue weighted by Gasteiger charge is -2.31. The largest absolute Gasteiger partial charge is 0.372 e.